The summed E-state index contributed by atoms with van der Waals surface area (Å²) >= 11 is 0. The molecular weight excluding hydrogens is 491 g/mol. The number of rotatable bonds is 6. The molecule has 192 valence electrons. The number of amides is 1. The van der Waals surface area contributed by atoms with Gasteiger partial charge >= 0.3 is 6.18 Å². The first-order valence-electron chi connectivity index (χ1n) is 11.4. The van der Waals surface area contributed by atoms with Crippen LogP contribution in [0.1, 0.15) is 28.4 Å². The monoisotopic (exact) mass is 513 g/mol. The number of ether oxygens (including phenoxy) is 1. The van der Waals surface area contributed by atoms with Gasteiger partial charge in [0, 0.05) is 42.5 Å². The van der Waals surface area contributed by atoms with Crippen molar-refractivity contribution in [3.05, 3.63) is 59.9 Å². The van der Waals surface area contributed by atoms with Gasteiger partial charge in [-0.2, -0.15) is 13.2 Å². The number of nitrogens with two attached hydrogens (primary N) is 1. The number of carbonyl (C=O) groups is 1. The molecule has 1 amide bonds. The molecule has 3 N–H and O–H groups in total. The number of benzene rings is 1. The summed E-state index contributed by atoms with van der Waals surface area (Å²) in [5.74, 6) is 0.492. The third-order valence-corrected chi connectivity index (χ3v) is 6.02. The molecule has 1 aromatic carbocycles. The van der Waals surface area contributed by atoms with E-state index in [0.717, 1.165) is 6.07 Å². The van der Waals surface area contributed by atoms with Crippen molar-refractivity contribution >= 4 is 22.8 Å². The predicted octanol–water partition coefficient (Wildman–Crippen LogP) is 3.49. The van der Waals surface area contributed by atoms with Crippen LogP contribution in [0.15, 0.2) is 47.1 Å². The molecule has 3 aromatic heterocycles. The number of nitrogens with one attached hydrogen (secondary N) is 1. The lowest BCUT2D eigenvalue weighted by Crippen LogP contribution is -2.32. The van der Waals surface area contributed by atoms with Crippen LogP contribution in [0.4, 0.5) is 19.1 Å². The van der Waals surface area contributed by atoms with Crippen molar-refractivity contribution in [2.45, 2.75) is 25.2 Å². The average molecular weight is 513 g/mol. The summed E-state index contributed by atoms with van der Waals surface area (Å²) in [6.45, 7) is 0.788. The second-order valence-electron chi connectivity index (χ2n) is 8.35. The normalized spacial score (nSPS) is 15.8. The summed E-state index contributed by atoms with van der Waals surface area (Å²) in [7, 11) is 1.34. The van der Waals surface area contributed by atoms with Gasteiger partial charge in [0.15, 0.2) is 11.5 Å². The Balaban J connectivity index is 1.45. The Morgan fingerprint density at radius 3 is 2.70 bits per heavy atom. The zero-order valence-electron chi connectivity index (χ0n) is 19.6. The molecule has 10 nitrogen and oxygen atoms in total. The van der Waals surface area contributed by atoms with Gasteiger partial charge in [-0.05, 0) is 36.8 Å². The lowest BCUT2D eigenvalue weighted by molar-refractivity contribution is -0.140. The highest BCUT2D eigenvalue weighted by molar-refractivity contribution is 5.98. The number of pyridine rings is 1. The standard InChI is InChI=1S/C24H22F3N7O3/c1-36-16-5-3-15(14-4-6-18(24(25,26)27)32-19(14)16)21-33-20(17(11-28)37-21)22(35)34-10-7-13(12-34)31-23-29-8-2-9-30-23/h2-6,8-9,13H,7,10-12,28H2,1H3,(H,29,30,31). The SMILES string of the molecule is COc1ccc(-c2nc(C(=O)N3CCC(Nc4ncccn4)C3)c(CN)o2)c2ccc(C(F)(F)F)nc12. The molecule has 0 bridgehead atoms. The molecule has 1 fully saturated rings. The fourth-order valence-electron chi connectivity index (χ4n) is 4.24. The van der Waals surface area contributed by atoms with Crippen molar-refractivity contribution < 1.29 is 27.1 Å². The maximum atomic E-state index is 13.3. The minimum Gasteiger partial charge on any atom is -0.494 e. The van der Waals surface area contributed by atoms with Gasteiger partial charge in [-0.1, -0.05) is 0 Å². The Kier molecular flexibility index (Phi) is 6.38. The molecule has 4 aromatic rings. The number of fused-ring (bicyclic) bond motifs is 1. The van der Waals surface area contributed by atoms with Crippen LogP contribution < -0.4 is 15.8 Å². The van der Waals surface area contributed by atoms with E-state index in [0.29, 0.717) is 36.4 Å². The molecule has 1 unspecified atom stereocenters. The Morgan fingerprint density at radius 1 is 1.22 bits per heavy atom. The van der Waals surface area contributed by atoms with Crippen LogP contribution in [0.5, 0.6) is 5.75 Å². The Morgan fingerprint density at radius 2 is 2.00 bits per heavy atom. The van der Waals surface area contributed by atoms with Crippen molar-refractivity contribution in [3.63, 3.8) is 0 Å². The number of hydrogen-bond donors (Lipinski definition) is 2. The number of methoxy groups -OCH3 is 1. The zero-order valence-corrected chi connectivity index (χ0v) is 19.6. The number of nitrogens with zero attached hydrogens (tertiary/aromatic N) is 5. The number of aromatic nitrogens is 4. The Bertz CT molecular complexity index is 1440. The molecule has 1 atom stereocenters. The summed E-state index contributed by atoms with van der Waals surface area (Å²) < 4.78 is 50.8. The number of hydrogen-bond acceptors (Lipinski definition) is 9. The van der Waals surface area contributed by atoms with Crippen molar-refractivity contribution in [2.24, 2.45) is 5.73 Å². The van der Waals surface area contributed by atoms with Crippen LogP contribution in [0, 0.1) is 0 Å². The van der Waals surface area contributed by atoms with Crippen LogP contribution >= 0.6 is 0 Å². The molecule has 1 aliphatic rings. The zero-order chi connectivity index (χ0) is 26.2. The van der Waals surface area contributed by atoms with Gasteiger partial charge in [0.25, 0.3) is 5.91 Å². The van der Waals surface area contributed by atoms with Gasteiger partial charge in [-0.25, -0.2) is 19.9 Å². The minimum atomic E-state index is -4.63. The van der Waals surface area contributed by atoms with Crippen molar-refractivity contribution in [3.8, 4) is 17.2 Å². The summed E-state index contributed by atoms with van der Waals surface area (Å²) in [5, 5.41) is 3.52. The van der Waals surface area contributed by atoms with Crippen molar-refractivity contribution in [2.75, 3.05) is 25.5 Å². The van der Waals surface area contributed by atoms with E-state index >= 15 is 0 Å². The highest BCUT2D eigenvalue weighted by atomic mass is 19.4. The van der Waals surface area contributed by atoms with Crippen molar-refractivity contribution in [1.82, 2.24) is 24.8 Å². The van der Waals surface area contributed by atoms with Gasteiger partial charge < -0.3 is 25.1 Å². The Hall–Kier alpha value is -4.26. The number of anilines is 1. The van der Waals surface area contributed by atoms with Gasteiger partial charge in [0.1, 0.15) is 17.0 Å². The van der Waals surface area contributed by atoms with Crippen LogP contribution in [0.25, 0.3) is 22.4 Å². The third kappa shape index (κ3) is 4.77. The van der Waals surface area contributed by atoms with E-state index < -0.39 is 11.9 Å². The van der Waals surface area contributed by atoms with E-state index in [4.69, 9.17) is 14.9 Å². The molecule has 0 spiro atoms. The van der Waals surface area contributed by atoms with Gasteiger partial charge in [0.2, 0.25) is 11.8 Å². The molecule has 0 saturated carbocycles. The molecule has 1 saturated heterocycles. The minimum absolute atomic E-state index is 0.00760. The molecule has 13 heteroatoms. The second kappa shape index (κ2) is 9.65. The van der Waals surface area contributed by atoms with E-state index in [1.165, 1.54) is 19.2 Å². The average Bonchev–Trinajstić information content (AvgIpc) is 3.54. The summed E-state index contributed by atoms with van der Waals surface area (Å²) in [4.78, 5) is 31.4. The molecule has 0 radical (unpaired) electrons. The predicted molar refractivity (Wildman–Crippen MR) is 127 cm³/mol. The molecule has 5 rings (SSSR count). The lowest BCUT2D eigenvalue weighted by Gasteiger charge is -2.16. The quantitative estimate of drug-likeness (QED) is 0.398. The van der Waals surface area contributed by atoms with Crippen LogP contribution in [0.3, 0.4) is 0 Å². The number of alkyl halides is 3. The number of halogens is 3. The lowest BCUT2D eigenvalue weighted by atomic mass is 10.1. The van der Waals surface area contributed by atoms with E-state index in [9.17, 15) is 18.0 Å². The molecule has 0 aliphatic carbocycles. The highest BCUT2D eigenvalue weighted by Gasteiger charge is 2.34. The third-order valence-electron chi connectivity index (χ3n) is 6.02. The fraction of sp³-hybridized carbons (Fsp3) is 0.292. The maximum Gasteiger partial charge on any atom is 0.433 e. The number of oxazole rings is 1. The van der Waals surface area contributed by atoms with Gasteiger partial charge in [0.05, 0.1) is 13.7 Å². The maximum absolute atomic E-state index is 13.3. The van der Waals surface area contributed by atoms with Crippen LogP contribution in [-0.4, -0.2) is 57.0 Å². The summed E-state index contributed by atoms with van der Waals surface area (Å²) in [6, 6.07) is 6.88. The van der Waals surface area contributed by atoms with E-state index in [2.05, 4.69) is 25.3 Å². The van der Waals surface area contributed by atoms with Gasteiger partial charge in [-0.3, -0.25) is 4.79 Å². The summed E-state index contributed by atoms with van der Waals surface area (Å²) in [5.41, 5.74) is 5.19. The molecule has 4 heterocycles. The van der Waals surface area contributed by atoms with E-state index in [1.807, 2.05) is 0 Å². The smallest absolute Gasteiger partial charge is 0.433 e. The largest absolute Gasteiger partial charge is 0.494 e. The topological polar surface area (TPSA) is 132 Å². The first-order chi connectivity index (χ1) is 17.8. The second-order valence-corrected chi connectivity index (χ2v) is 8.35. The van der Waals surface area contributed by atoms with E-state index in [1.54, 1.807) is 29.4 Å². The fourth-order valence-corrected chi connectivity index (χ4v) is 4.24. The molecule has 37 heavy (non-hydrogen) atoms. The van der Waals surface area contributed by atoms with Crippen molar-refractivity contribution in [1.29, 1.82) is 0 Å². The Labute approximate surface area is 208 Å². The summed E-state index contributed by atoms with van der Waals surface area (Å²) in [6.07, 6.45) is -0.692. The molecule has 1 aliphatic heterocycles. The first-order valence-corrected chi connectivity index (χ1v) is 11.4. The van der Waals surface area contributed by atoms with Crippen LogP contribution in [0.2, 0.25) is 0 Å². The first kappa shape index (κ1) is 24.4. The highest BCUT2D eigenvalue weighted by Crippen LogP contribution is 2.37. The van der Waals surface area contributed by atoms with E-state index in [-0.39, 0.29) is 47.1 Å². The number of carbonyl (C=O) groups excluding carboxylic acids is 1. The van der Waals surface area contributed by atoms with Gasteiger partial charge in [-0.15, -0.1) is 0 Å². The number of likely N-dealkylation sites (tertiary alicyclic amines) is 1. The van der Waals surface area contributed by atoms with Crippen LogP contribution in [-0.2, 0) is 12.7 Å². The molecular formula is C24H22F3N7O3.